The molecule has 1 atom stereocenters. The van der Waals surface area contributed by atoms with E-state index in [1.54, 1.807) is 0 Å². The van der Waals surface area contributed by atoms with Crippen molar-refractivity contribution in [3.05, 3.63) is 52.1 Å². The topological polar surface area (TPSA) is 69.4 Å². The molecule has 1 aromatic rings. The number of hydrogen-bond acceptors (Lipinski definition) is 4. The third-order valence-electron chi connectivity index (χ3n) is 3.28. The number of carbonyl (C=O) groups is 1. The first-order valence-corrected chi connectivity index (χ1v) is 6.79. The molecule has 0 N–H and O–H groups in total. The first-order chi connectivity index (χ1) is 9.66. The lowest BCUT2D eigenvalue weighted by Gasteiger charge is -2.16. The van der Waals surface area contributed by atoms with Gasteiger partial charge in [-0.1, -0.05) is 12.5 Å². The Hall–Kier alpha value is -2.17. The second-order valence-corrected chi connectivity index (χ2v) is 4.81. The van der Waals surface area contributed by atoms with Gasteiger partial charge in [0.15, 0.2) is 0 Å². The predicted octanol–water partition coefficient (Wildman–Crippen LogP) is 3.64. The molecule has 1 aliphatic rings. The van der Waals surface area contributed by atoms with Gasteiger partial charge in [-0.15, -0.1) is 0 Å². The standard InChI is InChI=1S/C15H17NO4/c17-15(12-8-10-13(11-9-12)16(18)19)20-14-6-4-2-1-3-5-7-14/h4,6,8-11,14H,1-3,5,7H2/b6-4-. The van der Waals surface area contributed by atoms with Crippen LogP contribution in [-0.4, -0.2) is 17.0 Å². The second-order valence-electron chi connectivity index (χ2n) is 4.81. The van der Waals surface area contributed by atoms with Gasteiger partial charge in [-0.3, -0.25) is 10.1 Å². The first-order valence-electron chi connectivity index (χ1n) is 6.79. The van der Waals surface area contributed by atoms with Crippen molar-refractivity contribution < 1.29 is 14.5 Å². The third-order valence-corrected chi connectivity index (χ3v) is 3.28. The lowest BCUT2D eigenvalue weighted by atomic mass is 10.0. The molecule has 0 saturated heterocycles. The van der Waals surface area contributed by atoms with Crippen LogP contribution in [-0.2, 0) is 4.74 Å². The summed E-state index contributed by atoms with van der Waals surface area (Å²) in [6, 6.07) is 5.47. The molecule has 1 aliphatic carbocycles. The normalized spacial score (nSPS) is 20.5. The molecular weight excluding hydrogens is 258 g/mol. The minimum atomic E-state index is -0.493. The number of nitro benzene ring substituents is 1. The first kappa shape index (κ1) is 14.2. The number of non-ortho nitro benzene ring substituents is 1. The fourth-order valence-corrected chi connectivity index (χ4v) is 2.15. The van der Waals surface area contributed by atoms with Crippen LogP contribution in [0.4, 0.5) is 5.69 Å². The molecule has 0 amide bonds. The van der Waals surface area contributed by atoms with E-state index in [1.165, 1.54) is 30.7 Å². The fourth-order valence-electron chi connectivity index (χ4n) is 2.15. The van der Waals surface area contributed by atoms with E-state index in [4.69, 9.17) is 4.74 Å². The van der Waals surface area contributed by atoms with Crippen LogP contribution in [0.5, 0.6) is 0 Å². The monoisotopic (exact) mass is 275 g/mol. The molecule has 0 aliphatic heterocycles. The lowest BCUT2D eigenvalue weighted by Crippen LogP contribution is -2.17. The largest absolute Gasteiger partial charge is 0.455 e. The van der Waals surface area contributed by atoms with Crippen LogP contribution >= 0.6 is 0 Å². The molecule has 5 heteroatoms. The van der Waals surface area contributed by atoms with Crippen molar-refractivity contribution in [1.29, 1.82) is 0 Å². The highest BCUT2D eigenvalue weighted by atomic mass is 16.6. The van der Waals surface area contributed by atoms with Crippen LogP contribution in [0.1, 0.15) is 42.5 Å². The molecule has 0 aromatic heterocycles. The van der Waals surface area contributed by atoms with Gasteiger partial charge in [0.05, 0.1) is 10.5 Å². The zero-order valence-corrected chi connectivity index (χ0v) is 11.2. The molecule has 2 rings (SSSR count). The molecule has 5 nitrogen and oxygen atoms in total. The van der Waals surface area contributed by atoms with E-state index in [2.05, 4.69) is 0 Å². The van der Waals surface area contributed by atoms with E-state index >= 15 is 0 Å². The quantitative estimate of drug-likeness (QED) is 0.365. The van der Waals surface area contributed by atoms with Gasteiger partial charge in [0, 0.05) is 12.1 Å². The van der Waals surface area contributed by atoms with E-state index in [9.17, 15) is 14.9 Å². The van der Waals surface area contributed by atoms with E-state index in [1.807, 2.05) is 12.2 Å². The number of ether oxygens (including phenoxy) is 1. The molecule has 0 bridgehead atoms. The zero-order valence-electron chi connectivity index (χ0n) is 11.2. The van der Waals surface area contributed by atoms with Crippen LogP contribution < -0.4 is 0 Å². The average molecular weight is 275 g/mol. The molecule has 106 valence electrons. The van der Waals surface area contributed by atoms with Crippen LogP contribution in [0.3, 0.4) is 0 Å². The van der Waals surface area contributed by atoms with Crippen molar-refractivity contribution in [3.63, 3.8) is 0 Å². The van der Waals surface area contributed by atoms with Crippen LogP contribution in [0.15, 0.2) is 36.4 Å². The molecule has 0 saturated carbocycles. The Morgan fingerprint density at radius 1 is 1.20 bits per heavy atom. The molecule has 0 spiro atoms. The van der Waals surface area contributed by atoms with Crippen molar-refractivity contribution in [2.75, 3.05) is 0 Å². The van der Waals surface area contributed by atoms with Crippen molar-refractivity contribution in [2.45, 2.75) is 38.2 Å². The van der Waals surface area contributed by atoms with Gasteiger partial charge in [0.25, 0.3) is 5.69 Å². The summed E-state index contributed by atoms with van der Waals surface area (Å²) in [4.78, 5) is 22.0. The maximum atomic E-state index is 12.0. The van der Waals surface area contributed by atoms with E-state index in [0.29, 0.717) is 5.56 Å². The number of nitro groups is 1. The summed E-state index contributed by atoms with van der Waals surface area (Å²) in [6.07, 6.45) is 9.01. The van der Waals surface area contributed by atoms with Gasteiger partial charge in [0.2, 0.25) is 0 Å². The Bertz CT molecular complexity index is 507. The van der Waals surface area contributed by atoms with E-state index in [-0.39, 0.29) is 11.8 Å². The zero-order chi connectivity index (χ0) is 14.4. The van der Waals surface area contributed by atoms with Gasteiger partial charge in [-0.25, -0.2) is 4.79 Å². The highest BCUT2D eigenvalue weighted by Crippen LogP contribution is 2.17. The summed E-state index contributed by atoms with van der Waals surface area (Å²) >= 11 is 0. The second kappa shape index (κ2) is 6.84. The molecular formula is C15H17NO4. The number of esters is 1. The number of nitrogens with zero attached hydrogens (tertiary/aromatic N) is 1. The van der Waals surface area contributed by atoms with Gasteiger partial charge in [-0.2, -0.15) is 0 Å². The smallest absolute Gasteiger partial charge is 0.338 e. The maximum absolute atomic E-state index is 12.0. The number of hydrogen-bond donors (Lipinski definition) is 0. The van der Waals surface area contributed by atoms with Gasteiger partial charge in [0.1, 0.15) is 6.10 Å². The van der Waals surface area contributed by atoms with Gasteiger partial charge in [-0.05, 0) is 43.9 Å². The summed E-state index contributed by atoms with van der Waals surface area (Å²) in [5.41, 5.74) is 0.304. The highest BCUT2D eigenvalue weighted by Gasteiger charge is 2.15. The SMILES string of the molecule is O=C(OC1/C=C\CCCCC1)c1ccc([N+](=O)[O-])cc1. The summed E-state index contributed by atoms with van der Waals surface area (Å²) in [5.74, 6) is -0.435. The molecule has 0 fully saturated rings. The van der Waals surface area contributed by atoms with Crippen molar-refractivity contribution in [3.8, 4) is 0 Å². The number of carbonyl (C=O) groups excluding carboxylic acids is 1. The third kappa shape index (κ3) is 3.91. The lowest BCUT2D eigenvalue weighted by molar-refractivity contribution is -0.384. The molecule has 1 unspecified atom stereocenters. The summed E-state index contributed by atoms with van der Waals surface area (Å²) in [7, 11) is 0. The Morgan fingerprint density at radius 2 is 1.95 bits per heavy atom. The molecule has 1 aromatic carbocycles. The van der Waals surface area contributed by atoms with Crippen LogP contribution in [0.25, 0.3) is 0 Å². The maximum Gasteiger partial charge on any atom is 0.338 e. The highest BCUT2D eigenvalue weighted by molar-refractivity contribution is 5.89. The molecule has 0 heterocycles. The minimum Gasteiger partial charge on any atom is -0.455 e. The Kier molecular flexibility index (Phi) is 4.87. The van der Waals surface area contributed by atoms with Crippen molar-refractivity contribution >= 4 is 11.7 Å². The van der Waals surface area contributed by atoms with Crippen LogP contribution in [0, 0.1) is 10.1 Å². The predicted molar refractivity (Wildman–Crippen MR) is 74.5 cm³/mol. The minimum absolute atomic E-state index is 0.0348. The van der Waals surface area contributed by atoms with E-state index in [0.717, 1.165) is 25.7 Å². The van der Waals surface area contributed by atoms with Crippen molar-refractivity contribution in [1.82, 2.24) is 0 Å². The number of allylic oxidation sites excluding steroid dienone is 1. The van der Waals surface area contributed by atoms with Gasteiger partial charge < -0.3 is 4.74 Å². The Labute approximate surface area is 117 Å². The summed E-state index contributed by atoms with van der Waals surface area (Å²) < 4.78 is 5.42. The Morgan fingerprint density at radius 3 is 2.65 bits per heavy atom. The fraction of sp³-hybridized carbons (Fsp3) is 0.400. The van der Waals surface area contributed by atoms with Crippen molar-refractivity contribution in [2.24, 2.45) is 0 Å². The Balaban J connectivity index is 1.99. The average Bonchev–Trinajstić information content (AvgIpc) is 2.41. The number of rotatable bonds is 3. The molecule has 20 heavy (non-hydrogen) atoms. The summed E-state index contributed by atoms with van der Waals surface area (Å²) in [6.45, 7) is 0. The number of benzene rings is 1. The van der Waals surface area contributed by atoms with Crippen LogP contribution in [0.2, 0.25) is 0 Å². The molecule has 0 radical (unpaired) electrons. The summed E-state index contributed by atoms with van der Waals surface area (Å²) in [5, 5.41) is 10.5. The van der Waals surface area contributed by atoms with E-state index < -0.39 is 10.9 Å². The van der Waals surface area contributed by atoms with Gasteiger partial charge >= 0.3 is 5.97 Å².